The number of benzene rings is 1. The molecule has 0 unspecified atom stereocenters. The lowest BCUT2D eigenvalue weighted by Gasteiger charge is -2.02. The third-order valence-corrected chi connectivity index (χ3v) is 2.52. The zero-order valence-electron chi connectivity index (χ0n) is 8.55. The molecule has 0 atom stereocenters. The molecular weight excluding hydrogens is 208 g/mol. The maximum absolute atomic E-state index is 5.83. The third-order valence-electron chi connectivity index (χ3n) is 2.30. The van der Waals surface area contributed by atoms with Crippen LogP contribution in [-0.2, 0) is 6.54 Å². The van der Waals surface area contributed by atoms with E-state index in [0.717, 1.165) is 17.8 Å². The van der Waals surface area contributed by atoms with E-state index in [0.29, 0.717) is 5.15 Å². The first-order valence-electron chi connectivity index (χ1n) is 4.88. The van der Waals surface area contributed by atoms with E-state index in [9.17, 15) is 0 Å². The Morgan fingerprint density at radius 2 is 1.87 bits per heavy atom. The number of nitrogens with one attached hydrogen (secondary N) is 2. The van der Waals surface area contributed by atoms with Crippen LogP contribution in [0.4, 0.5) is 0 Å². The highest BCUT2D eigenvalue weighted by atomic mass is 35.5. The van der Waals surface area contributed by atoms with Gasteiger partial charge in [0, 0.05) is 12.2 Å². The van der Waals surface area contributed by atoms with Crippen LogP contribution in [0.15, 0.2) is 36.4 Å². The Labute approximate surface area is 94.3 Å². The van der Waals surface area contributed by atoms with E-state index in [1.807, 2.05) is 19.2 Å². The molecule has 2 N–H and O–H groups in total. The van der Waals surface area contributed by atoms with Crippen LogP contribution < -0.4 is 5.32 Å². The van der Waals surface area contributed by atoms with Gasteiger partial charge in [0.2, 0.25) is 0 Å². The molecule has 2 rings (SSSR count). The lowest BCUT2D eigenvalue weighted by atomic mass is 10.1. The SMILES string of the molecule is CNCc1ccc(-c2ccc(Cl)[nH]2)cc1. The summed E-state index contributed by atoms with van der Waals surface area (Å²) < 4.78 is 0. The summed E-state index contributed by atoms with van der Waals surface area (Å²) in [7, 11) is 1.94. The molecule has 0 saturated heterocycles. The monoisotopic (exact) mass is 220 g/mol. The van der Waals surface area contributed by atoms with Gasteiger partial charge in [0.05, 0.1) is 0 Å². The molecule has 2 aromatic rings. The molecule has 15 heavy (non-hydrogen) atoms. The fourth-order valence-corrected chi connectivity index (χ4v) is 1.71. The third kappa shape index (κ3) is 2.41. The van der Waals surface area contributed by atoms with Crippen LogP contribution in [-0.4, -0.2) is 12.0 Å². The van der Waals surface area contributed by atoms with Crippen molar-refractivity contribution in [3.05, 3.63) is 47.1 Å². The first kappa shape index (κ1) is 10.3. The molecule has 1 heterocycles. The molecule has 0 fully saturated rings. The summed E-state index contributed by atoms with van der Waals surface area (Å²) in [5.74, 6) is 0. The van der Waals surface area contributed by atoms with Crippen molar-refractivity contribution >= 4 is 11.6 Å². The predicted molar refractivity (Wildman–Crippen MR) is 64.0 cm³/mol. The standard InChI is InChI=1S/C12H13ClN2/c1-14-8-9-2-4-10(5-3-9)11-6-7-12(13)15-11/h2-7,14-15H,8H2,1H3. The largest absolute Gasteiger partial charge is 0.346 e. The second-order valence-electron chi connectivity index (χ2n) is 3.45. The van der Waals surface area contributed by atoms with Crippen molar-refractivity contribution in [3.8, 4) is 11.3 Å². The number of H-pyrrole nitrogens is 1. The Morgan fingerprint density at radius 3 is 2.40 bits per heavy atom. The second kappa shape index (κ2) is 4.51. The summed E-state index contributed by atoms with van der Waals surface area (Å²) in [6.07, 6.45) is 0. The van der Waals surface area contributed by atoms with Crippen LogP contribution >= 0.6 is 11.6 Å². The molecule has 0 aliphatic rings. The van der Waals surface area contributed by atoms with E-state index in [1.165, 1.54) is 5.56 Å². The van der Waals surface area contributed by atoms with Crippen molar-refractivity contribution in [1.29, 1.82) is 0 Å². The summed E-state index contributed by atoms with van der Waals surface area (Å²) in [4.78, 5) is 3.09. The highest BCUT2D eigenvalue weighted by Gasteiger charge is 1.99. The minimum atomic E-state index is 0.671. The number of hydrogen-bond acceptors (Lipinski definition) is 1. The molecule has 0 aliphatic carbocycles. The maximum atomic E-state index is 5.83. The second-order valence-corrected chi connectivity index (χ2v) is 3.85. The topological polar surface area (TPSA) is 27.8 Å². The summed E-state index contributed by atoms with van der Waals surface area (Å²) in [5.41, 5.74) is 3.48. The van der Waals surface area contributed by atoms with Crippen LogP contribution in [0, 0.1) is 0 Å². The quantitative estimate of drug-likeness (QED) is 0.818. The zero-order chi connectivity index (χ0) is 10.7. The predicted octanol–water partition coefficient (Wildman–Crippen LogP) is 3.05. The number of aromatic nitrogens is 1. The first-order chi connectivity index (χ1) is 7.29. The first-order valence-corrected chi connectivity index (χ1v) is 5.26. The maximum Gasteiger partial charge on any atom is 0.106 e. The van der Waals surface area contributed by atoms with Gasteiger partial charge in [-0.05, 0) is 30.3 Å². The summed E-state index contributed by atoms with van der Waals surface area (Å²) in [6.45, 7) is 0.895. The van der Waals surface area contributed by atoms with E-state index < -0.39 is 0 Å². The zero-order valence-corrected chi connectivity index (χ0v) is 9.31. The van der Waals surface area contributed by atoms with Gasteiger partial charge in [0.1, 0.15) is 5.15 Å². The van der Waals surface area contributed by atoms with Gasteiger partial charge in [-0.25, -0.2) is 0 Å². The molecule has 78 valence electrons. The van der Waals surface area contributed by atoms with Crippen molar-refractivity contribution in [2.45, 2.75) is 6.54 Å². The Hall–Kier alpha value is -1.25. The van der Waals surface area contributed by atoms with Crippen molar-refractivity contribution in [1.82, 2.24) is 10.3 Å². The summed E-state index contributed by atoms with van der Waals surface area (Å²) >= 11 is 5.83. The van der Waals surface area contributed by atoms with Crippen molar-refractivity contribution < 1.29 is 0 Å². The number of halogens is 1. The van der Waals surface area contributed by atoms with E-state index >= 15 is 0 Å². The van der Waals surface area contributed by atoms with Gasteiger partial charge >= 0.3 is 0 Å². The number of hydrogen-bond donors (Lipinski definition) is 2. The van der Waals surface area contributed by atoms with Crippen LogP contribution in [0.2, 0.25) is 5.15 Å². The average Bonchev–Trinajstić information content (AvgIpc) is 2.67. The van der Waals surface area contributed by atoms with Gasteiger partial charge < -0.3 is 10.3 Å². The fourth-order valence-electron chi connectivity index (χ4n) is 1.54. The molecule has 1 aromatic carbocycles. The lowest BCUT2D eigenvalue weighted by molar-refractivity contribution is 0.818. The van der Waals surface area contributed by atoms with Gasteiger partial charge in [0.15, 0.2) is 0 Å². The molecule has 3 heteroatoms. The number of rotatable bonds is 3. The van der Waals surface area contributed by atoms with Gasteiger partial charge in [-0.15, -0.1) is 0 Å². The van der Waals surface area contributed by atoms with Crippen molar-refractivity contribution in [3.63, 3.8) is 0 Å². The minimum absolute atomic E-state index is 0.671. The fraction of sp³-hybridized carbons (Fsp3) is 0.167. The van der Waals surface area contributed by atoms with Gasteiger partial charge in [-0.3, -0.25) is 0 Å². The van der Waals surface area contributed by atoms with E-state index in [2.05, 4.69) is 34.6 Å². The normalized spacial score (nSPS) is 10.5. The molecule has 0 spiro atoms. The molecule has 2 nitrogen and oxygen atoms in total. The van der Waals surface area contributed by atoms with E-state index in [4.69, 9.17) is 11.6 Å². The van der Waals surface area contributed by atoms with Crippen molar-refractivity contribution in [2.75, 3.05) is 7.05 Å². The molecule has 0 bridgehead atoms. The molecule has 0 aliphatic heterocycles. The Balaban J connectivity index is 2.23. The summed E-state index contributed by atoms with van der Waals surface area (Å²) in [5, 5.41) is 3.79. The molecular formula is C12H13ClN2. The van der Waals surface area contributed by atoms with Crippen LogP contribution in [0.5, 0.6) is 0 Å². The van der Waals surface area contributed by atoms with E-state index in [1.54, 1.807) is 0 Å². The van der Waals surface area contributed by atoms with Crippen LogP contribution in [0.1, 0.15) is 5.56 Å². The number of aromatic amines is 1. The van der Waals surface area contributed by atoms with Gasteiger partial charge in [-0.2, -0.15) is 0 Å². The molecule has 1 aromatic heterocycles. The lowest BCUT2D eigenvalue weighted by Crippen LogP contribution is -2.04. The highest BCUT2D eigenvalue weighted by molar-refractivity contribution is 6.29. The van der Waals surface area contributed by atoms with Crippen molar-refractivity contribution in [2.24, 2.45) is 0 Å². The Bertz CT molecular complexity index is 431. The molecule has 0 radical (unpaired) electrons. The Morgan fingerprint density at radius 1 is 1.13 bits per heavy atom. The average molecular weight is 221 g/mol. The molecule has 0 saturated carbocycles. The minimum Gasteiger partial charge on any atom is -0.346 e. The van der Waals surface area contributed by atoms with Gasteiger partial charge in [0.25, 0.3) is 0 Å². The Kier molecular flexibility index (Phi) is 3.09. The van der Waals surface area contributed by atoms with E-state index in [-0.39, 0.29) is 0 Å². The van der Waals surface area contributed by atoms with Crippen LogP contribution in [0.3, 0.4) is 0 Å². The van der Waals surface area contributed by atoms with Gasteiger partial charge in [-0.1, -0.05) is 35.9 Å². The van der Waals surface area contributed by atoms with Crippen LogP contribution in [0.25, 0.3) is 11.3 Å². The molecule has 0 amide bonds. The highest BCUT2D eigenvalue weighted by Crippen LogP contribution is 2.20. The summed E-state index contributed by atoms with van der Waals surface area (Å²) in [6, 6.07) is 12.2. The smallest absolute Gasteiger partial charge is 0.106 e.